The van der Waals surface area contributed by atoms with Crippen LogP contribution in [0, 0.1) is 16.7 Å². The van der Waals surface area contributed by atoms with Gasteiger partial charge in [0.05, 0.1) is 28.8 Å². The van der Waals surface area contributed by atoms with Gasteiger partial charge in [0.25, 0.3) is 0 Å². The van der Waals surface area contributed by atoms with E-state index in [9.17, 15) is 18.3 Å². The fourth-order valence-electron chi connectivity index (χ4n) is 4.04. The Labute approximate surface area is 153 Å². The van der Waals surface area contributed by atoms with Crippen LogP contribution in [0.1, 0.15) is 62.5 Å². The van der Waals surface area contributed by atoms with Crippen molar-refractivity contribution in [3.8, 4) is 17.4 Å². The molecule has 0 aliphatic heterocycles. The smallest absolute Gasteiger partial charge is 0.375 e. The van der Waals surface area contributed by atoms with Crippen LogP contribution >= 0.6 is 0 Å². The van der Waals surface area contributed by atoms with E-state index >= 15 is 0 Å². The van der Waals surface area contributed by atoms with Crippen LogP contribution in [0.2, 0.25) is 0 Å². The Kier molecular flexibility index (Phi) is 3.57. The van der Waals surface area contributed by atoms with Gasteiger partial charge in [0.2, 0.25) is 5.60 Å². The van der Waals surface area contributed by atoms with Gasteiger partial charge in [-0.15, -0.1) is 0 Å². The van der Waals surface area contributed by atoms with Gasteiger partial charge >= 0.3 is 6.18 Å². The number of nitrogens with zero attached hydrogens (tertiary/aromatic N) is 4. The molecule has 0 aromatic carbocycles. The molecule has 0 amide bonds. The zero-order valence-corrected chi connectivity index (χ0v) is 15.1. The minimum Gasteiger partial charge on any atom is -0.375 e. The van der Waals surface area contributed by atoms with Gasteiger partial charge < -0.3 is 9.63 Å². The van der Waals surface area contributed by atoms with E-state index in [0.29, 0.717) is 31.7 Å². The van der Waals surface area contributed by atoms with Gasteiger partial charge in [-0.2, -0.15) is 23.5 Å². The van der Waals surface area contributed by atoms with Crippen LogP contribution in [0.25, 0.3) is 11.3 Å². The highest BCUT2D eigenvalue weighted by molar-refractivity contribution is 5.68. The fourth-order valence-corrected chi connectivity index (χ4v) is 4.04. The maximum atomic E-state index is 13.3. The molecule has 4 rings (SSSR count). The standard InChI is InChI=1S/C18H19F3N4O2/c1-9-4-12-11(7-25(23-12)10-5-16(2,6-10)8-22)14-13(9)15(24-27-14)17(3,26)18(19,20)21/h7,9-10,26H,4-6H2,1-3H3/t9-,10?,16?,17+/m1/s1. The van der Waals surface area contributed by atoms with E-state index < -0.39 is 17.5 Å². The van der Waals surface area contributed by atoms with Gasteiger partial charge in [-0.1, -0.05) is 12.1 Å². The topological polar surface area (TPSA) is 87.9 Å². The molecule has 27 heavy (non-hydrogen) atoms. The lowest BCUT2D eigenvalue weighted by atomic mass is 9.68. The zero-order chi connectivity index (χ0) is 19.8. The Morgan fingerprint density at radius 3 is 2.67 bits per heavy atom. The third-order valence-electron chi connectivity index (χ3n) is 5.80. The lowest BCUT2D eigenvalue weighted by Gasteiger charge is -2.39. The lowest BCUT2D eigenvalue weighted by Crippen LogP contribution is -2.40. The summed E-state index contributed by atoms with van der Waals surface area (Å²) >= 11 is 0. The number of halogens is 3. The maximum absolute atomic E-state index is 13.3. The number of hydrogen-bond acceptors (Lipinski definition) is 5. The second-order valence-electron chi connectivity index (χ2n) is 8.15. The molecule has 0 spiro atoms. The van der Waals surface area contributed by atoms with Crippen molar-refractivity contribution in [2.45, 2.75) is 63.8 Å². The molecule has 9 heteroatoms. The lowest BCUT2D eigenvalue weighted by molar-refractivity contribution is -0.261. The number of rotatable bonds is 2. The molecule has 0 unspecified atom stereocenters. The highest BCUT2D eigenvalue weighted by atomic mass is 19.4. The minimum absolute atomic E-state index is 0.0830. The monoisotopic (exact) mass is 380 g/mol. The first-order chi connectivity index (χ1) is 12.5. The van der Waals surface area contributed by atoms with E-state index in [4.69, 9.17) is 9.78 Å². The first kappa shape index (κ1) is 18.0. The normalized spacial score (nSPS) is 29.3. The quantitative estimate of drug-likeness (QED) is 0.855. The van der Waals surface area contributed by atoms with Crippen LogP contribution in [-0.4, -0.2) is 26.2 Å². The molecule has 1 saturated carbocycles. The SMILES string of the molecule is C[C@@H]1Cc2nn(C3CC(C)(C#N)C3)cc2-c2onc([C@](C)(O)C(F)(F)F)c21. The Hall–Kier alpha value is -2.34. The molecular formula is C18H19F3N4O2. The Bertz CT molecular complexity index is 945. The predicted octanol–water partition coefficient (Wildman–Crippen LogP) is 3.83. The number of nitriles is 1. The highest BCUT2D eigenvalue weighted by Gasteiger charge is 2.55. The molecule has 1 N–H and O–H groups in total. The van der Waals surface area contributed by atoms with Crippen molar-refractivity contribution in [1.82, 2.24) is 14.9 Å². The molecule has 6 nitrogen and oxygen atoms in total. The van der Waals surface area contributed by atoms with Crippen LogP contribution < -0.4 is 0 Å². The van der Waals surface area contributed by atoms with E-state index in [1.165, 1.54) is 0 Å². The third-order valence-corrected chi connectivity index (χ3v) is 5.80. The fraction of sp³-hybridized carbons (Fsp3) is 0.611. The predicted molar refractivity (Wildman–Crippen MR) is 87.5 cm³/mol. The molecule has 2 heterocycles. The molecule has 2 atom stereocenters. The van der Waals surface area contributed by atoms with Crippen molar-refractivity contribution in [2.24, 2.45) is 5.41 Å². The highest BCUT2D eigenvalue weighted by Crippen LogP contribution is 2.50. The van der Waals surface area contributed by atoms with Crippen molar-refractivity contribution < 1.29 is 22.8 Å². The van der Waals surface area contributed by atoms with Crippen LogP contribution in [-0.2, 0) is 12.0 Å². The Morgan fingerprint density at radius 1 is 1.41 bits per heavy atom. The molecule has 144 valence electrons. The number of hydrogen-bond donors (Lipinski definition) is 1. The summed E-state index contributed by atoms with van der Waals surface area (Å²) in [7, 11) is 0. The molecule has 2 aromatic rings. The number of aliphatic hydroxyl groups is 1. The molecule has 2 aromatic heterocycles. The van der Waals surface area contributed by atoms with Gasteiger partial charge in [0.1, 0.15) is 5.69 Å². The van der Waals surface area contributed by atoms with Crippen LogP contribution in [0.4, 0.5) is 13.2 Å². The average Bonchev–Trinajstić information content (AvgIpc) is 3.14. The van der Waals surface area contributed by atoms with Crippen molar-refractivity contribution >= 4 is 0 Å². The summed E-state index contributed by atoms with van der Waals surface area (Å²) in [4.78, 5) is 0. The summed E-state index contributed by atoms with van der Waals surface area (Å²) in [5.41, 5.74) is -2.33. The van der Waals surface area contributed by atoms with Gasteiger partial charge in [-0.05, 0) is 39.0 Å². The summed E-state index contributed by atoms with van der Waals surface area (Å²) in [6.07, 6.45) is -1.33. The van der Waals surface area contributed by atoms with Crippen LogP contribution in [0.3, 0.4) is 0 Å². The second-order valence-corrected chi connectivity index (χ2v) is 8.15. The van der Waals surface area contributed by atoms with Crippen LogP contribution in [0.5, 0.6) is 0 Å². The van der Waals surface area contributed by atoms with E-state index in [1.54, 1.807) is 17.8 Å². The molecule has 1 fully saturated rings. The van der Waals surface area contributed by atoms with Gasteiger partial charge in [0.15, 0.2) is 5.76 Å². The summed E-state index contributed by atoms with van der Waals surface area (Å²) in [5.74, 6) is -0.0893. The van der Waals surface area contributed by atoms with Crippen LogP contribution in [0.15, 0.2) is 10.7 Å². The third kappa shape index (κ3) is 2.50. The van der Waals surface area contributed by atoms with Crippen molar-refractivity contribution in [2.75, 3.05) is 0 Å². The second kappa shape index (κ2) is 5.35. The zero-order valence-electron chi connectivity index (χ0n) is 15.1. The van der Waals surface area contributed by atoms with Crippen molar-refractivity contribution in [3.63, 3.8) is 0 Å². The molecular weight excluding hydrogens is 361 g/mol. The maximum Gasteiger partial charge on any atom is 0.422 e. The summed E-state index contributed by atoms with van der Waals surface area (Å²) in [6, 6.07) is 2.38. The van der Waals surface area contributed by atoms with Gasteiger partial charge in [-0.25, -0.2) is 0 Å². The molecule has 2 aliphatic carbocycles. The van der Waals surface area contributed by atoms with Gasteiger partial charge in [-0.3, -0.25) is 4.68 Å². The molecule has 2 aliphatic rings. The largest absolute Gasteiger partial charge is 0.422 e. The van der Waals surface area contributed by atoms with Crippen molar-refractivity contribution in [1.29, 1.82) is 5.26 Å². The van der Waals surface area contributed by atoms with E-state index in [2.05, 4.69) is 16.3 Å². The first-order valence-electron chi connectivity index (χ1n) is 8.75. The summed E-state index contributed by atoms with van der Waals surface area (Å²) < 4.78 is 46.9. The molecule has 0 saturated heterocycles. The number of alkyl halides is 3. The minimum atomic E-state index is -4.87. The van der Waals surface area contributed by atoms with E-state index in [-0.39, 0.29) is 28.7 Å². The first-order valence-corrected chi connectivity index (χ1v) is 8.75. The molecule has 0 bridgehead atoms. The Balaban J connectivity index is 1.73. The van der Waals surface area contributed by atoms with Gasteiger partial charge in [0, 0.05) is 11.8 Å². The van der Waals surface area contributed by atoms with E-state index in [1.807, 2.05) is 6.92 Å². The summed E-state index contributed by atoms with van der Waals surface area (Å²) in [6.45, 7) is 4.35. The number of aromatic nitrogens is 3. The Morgan fingerprint density at radius 2 is 2.07 bits per heavy atom. The number of fused-ring (bicyclic) bond motifs is 3. The average molecular weight is 380 g/mol. The summed E-state index contributed by atoms with van der Waals surface area (Å²) in [5, 5.41) is 27.4. The molecule has 0 radical (unpaired) electrons. The van der Waals surface area contributed by atoms with Crippen molar-refractivity contribution in [3.05, 3.63) is 23.1 Å². The van der Waals surface area contributed by atoms with E-state index in [0.717, 1.165) is 5.69 Å².